The molecule has 0 bridgehead atoms. The molecule has 0 spiro atoms. The molecule has 0 fully saturated rings. The Morgan fingerprint density at radius 1 is 1.14 bits per heavy atom. The molecule has 1 N–H and O–H groups in total. The zero-order valence-electron chi connectivity index (χ0n) is 12.1. The second kappa shape index (κ2) is 6.49. The van der Waals surface area contributed by atoms with Gasteiger partial charge in [-0.3, -0.25) is 13.9 Å². The van der Waals surface area contributed by atoms with Gasteiger partial charge in [0.05, 0.1) is 0 Å². The van der Waals surface area contributed by atoms with Crippen molar-refractivity contribution in [2.24, 2.45) is 14.1 Å². The van der Waals surface area contributed by atoms with E-state index in [4.69, 9.17) is 0 Å². The number of benzene rings is 1. The van der Waals surface area contributed by atoms with Crippen molar-refractivity contribution in [3.63, 3.8) is 0 Å². The van der Waals surface area contributed by atoms with E-state index in [1.807, 2.05) is 6.07 Å². The zero-order chi connectivity index (χ0) is 15.4. The number of nitrogens with zero attached hydrogens (tertiary/aromatic N) is 2. The molecule has 2 rings (SSSR count). The van der Waals surface area contributed by atoms with Crippen molar-refractivity contribution in [3.8, 4) is 0 Å². The van der Waals surface area contributed by atoms with Gasteiger partial charge in [0.1, 0.15) is 5.82 Å². The van der Waals surface area contributed by atoms with Gasteiger partial charge in [-0.2, -0.15) is 0 Å². The van der Waals surface area contributed by atoms with Crippen molar-refractivity contribution in [2.75, 3.05) is 6.54 Å². The van der Waals surface area contributed by atoms with Crippen LogP contribution in [0.3, 0.4) is 0 Å². The van der Waals surface area contributed by atoms with E-state index < -0.39 is 0 Å². The molecule has 2 aromatic rings. The van der Waals surface area contributed by atoms with Crippen molar-refractivity contribution in [1.82, 2.24) is 14.5 Å². The molecule has 0 saturated carbocycles. The normalized spacial score (nSPS) is 10.8. The fraction of sp³-hybridized carbons (Fsp3) is 0.333. The summed E-state index contributed by atoms with van der Waals surface area (Å²) in [6.07, 6.45) is 0.677. The lowest BCUT2D eigenvalue weighted by atomic mass is 10.1. The molecule has 5 nitrogen and oxygen atoms in total. The molecule has 0 unspecified atom stereocenters. The van der Waals surface area contributed by atoms with E-state index in [2.05, 4.69) is 5.32 Å². The molecule has 1 aromatic heterocycles. The molecular weight excluding hydrogens is 273 g/mol. The average molecular weight is 291 g/mol. The van der Waals surface area contributed by atoms with Gasteiger partial charge in [0.15, 0.2) is 0 Å². The number of rotatable bonds is 5. The largest absolute Gasteiger partial charge is 0.330 e. The average Bonchev–Trinajstić information content (AvgIpc) is 2.46. The van der Waals surface area contributed by atoms with Gasteiger partial charge in [-0.05, 0) is 30.7 Å². The Bertz CT molecular complexity index is 749. The fourth-order valence-electron chi connectivity index (χ4n) is 2.09. The van der Waals surface area contributed by atoms with Crippen LogP contribution in [0.4, 0.5) is 4.39 Å². The van der Waals surface area contributed by atoms with Gasteiger partial charge >= 0.3 is 5.69 Å². The van der Waals surface area contributed by atoms with E-state index in [1.54, 1.807) is 13.1 Å². The second-order valence-corrected chi connectivity index (χ2v) is 4.93. The van der Waals surface area contributed by atoms with E-state index in [9.17, 15) is 14.0 Å². The van der Waals surface area contributed by atoms with E-state index in [-0.39, 0.29) is 17.1 Å². The molecule has 0 saturated heterocycles. The maximum atomic E-state index is 13.0. The minimum atomic E-state index is -0.343. The van der Waals surface area contributed by atoms with E-state index in [1.165, 1.54) is 29.8 Å². The van der Waals surface area contributed by atoms with Crippen LogP contribution in [0.5, 0.6) is 0 Å². The first kappa shape index (κ1) is 15.2. The van der Waals surface area contributed by atoms with Gasteiger partial charge in [0, 0.05) is 32.4 Å². The highest BCUT2D eigenvalue weighted by molar-refractivity contribution is 5.16. The smallest absolute Gasteiger partial charge is 0.311 e. The topological polar surface area (TPSA) is 56.0 Å². The van der Waals surface area contributed by atoms with Crippen LogP contribution < -0.4 is 16.6 Å². The summed E-state index contributed by atoms with van der Waals surface area (Å²) in [6, 6.07) is 7.88. The molecule has 0 amide bonds. The number of aromatic nitrogens is 2. The van der Waals surface area contributed by atoms with Crippen LogP contribution in [-0.4, -0.2) is 15.7 Å². The Balaban J connectivity index is 1.95. The Labute approximate surface area is 121 Å². The third-order valence-electron chi connectivity index (χ3n) is 3.41. The standard InChI is InChI=1S/C15H18FN3O2/c1-18-13(9-14(20)19(2)15(18)21)10-17-7-6-11-4-3-5-12(16)8-11/h3-5,8-9,17H,6-7,10H2,1-2H3. The van der Waals surface area contributed by atoms with Crippen molar-refractivity contribution >= 4 is 0 Å². The molecule has 0 aliphatic heterocycles. The summed E-state index contributed by atoms with van der Waals surface area (Å²) >= 11 is 0. The van der Waals surface area contributed by atoms with Crippen LogP contribution in [0.15, 0.2) is 39.9 Å². The van der Waals surface area contributed by atoms with Crippen LogP contribution in [0.1, 0.15) is 11.3 Å². The first-order chi connectivity index (χ1) is 9.99. The predicted molar refractivity (Wildman–Crippen MR) is 78.7 cm³/mol. The van der Waals surface area contributed by atoms with Gasteiger partial charge in [-0.25, -0.2) is 9.18 Å². The SMILES string of the molecule is Cn1c(CNCCc2cccc(F)c2)cc(=O)n(C)c1=O. The third kappa shape index (κ3) is 3.66. The summed E-state index contributed by atoms with van der Waals surface area (Å²) in [5.74, 6) is -0.249. The third-order valence-corrected chi connectivity index (χ3v) is 3.41. The van der Waals surface area contributed by atoms with E-state index in [0.29, 0.717) is 25.2 Å². The lowest BCUT2D eigenvalue weighted by Gasteiger charge is -2.10. The van der Waals surface area contributed by atoms with Crippen LogP contribution >= 0.6 is 0 Å². The summed E-state index contributed by atoms with van der Waals surface area (Å²) in [5.41, 5.74) is 0.868. The Hall–Kier alpha value is -2.21. The minimum absolute atomic E-state index is 0.249. The molecule has 112 valence electrons. The van der Waals surface area contributed by atoms with Crippen molar-refractivity contribution in [2.45, 2.75) is 13.0 Å². The molecular formula is C15H18FN3O2. The summed E-state index contributed by atoms with van der Waals surface area (Å²) in [4.78, 5) is 23.3. The summed E-state index contributed by atoms with van der Waals surface area (Å²) in [7, 11) is 3.08. The highest BCUT2D eigenvalue weighted by atomic mass is 19.1. The maximum absolute atomic E-state index is 13.0. The molecule has 0 aliphatic carbocycles. The molecule has 0 radical (unpaired) electrons. The van der Waals surface area contributed by atoms with Gasteiger partial charge in [-0.15, -0.1) is 0 Å². The zero-order valence-corrected chi connectivity index (χ0v) is 12.1. The summed E-state index contributed by atoms with van der Waals surface area (Å²) in [5, 5.41) is 3.15. The van der Waals surface area contributed by atoms with Crippen LogP contribution in [0.2, 0.25) is 0 Å². The highest BCUT2D eigenvalue weighted by Crippen LogP contribution is 2.03. The molecule has 6 heteroatoms. The Kier molecular flexibility index (Phi) is 4.70. The van der Waals surface area contributed by atoms with Gasteiger partial charge in [0.25, 0.3) is 5.56 Å². The van der Waals surface area contributed by atoms with E-state index >= 15 is 0 Å². The van der Waals surface area contributed by atoms with Gasteiger partial charge in [-0.1, -0.05) is 12.1 Å². The second-order valence-electron chi connectivity index (χ2n) is 4.93. The summed E-state index contributed by atoms with van der Waals surface area (Å²) < 4.78 is 15.5. The number of halogens is 1. The lowest BCUT2D eigenvalue weighted by Crippen LogP contribution is -2.39. The van der Waals surface area contributed by atoms with Crippen LogP contribution in [-0.2, 0) is 27.1 Å². The monoisotopic (exact) mass is 291 g/mol. The fourth-order valence-corrected chi connectivity index (χ4v) is 2.09. The van der Waals surface area contributed by atoms with Crippen LogP contribution in [0, 0.1) is 5.82 Å². The summed E-state index contributed by atoms with van der Waals surface area (Å²) in [6.45, 7) is 1.05. The van der Waals surface area contributed by atoms with Gasteiger partial charge in [0.2, 0.25) is 0 Å². The number of hydrogen-bond donors (Lipinski definition) is 1. The number of nitrogens with one attached hydrogen (secondary N) is 1. The molecule has 0 aliphatic rings. The van der Waals surface area contributed by atoms with Gasteiger partial charge < -0.3 is 5.32 Å². The first-order valence-electron chi connectivity index (χ1n) is 6.70. The maximum Gasteiger partial charge on any atom is 0.330 e. The van der Waals surface area contributed by atoms with Crippen molar-refractivity contribution in [1.29, 1.82) is 0 Å². The molecule has 1 heterocycles. The number of hydrogen-bond acceptors (Lipinski definition) is 3. The quantitative estimate of drug-likeness (QED) is 0.819. The van der Waals surface area contributed by atoms with E-state index in [0.717, 1.165) is 10.1 Å². The lowest BCUT2D eigenvalue weighted by molar-refractivity contribution is 0.598. The Morgan fingerprint density at radius 2 is 1.90 bits per heavy atom. The minimum Gasteiger partial charge on any atom is -0.311 e. The first-order valence-corrected chi connectivity index (χ1v) is 6.70. The Morgan fingerprint density at radius 3 is 2.62 bits per heavy atom. The predicted octanol–water partition coefficient (Wildman–Crippen LogP) is 0.555. The van der Waals surface area contributed by atoms with Crippen LogP contribution in [0.25, 0.3) is 0 Å². The molecule has 0 atom stereocenters. The van der Waals surface area contributed by atoms with Crippen molar-refractivity contribution < 1.29 is 4.39 Å². The van der Waals surface area contributed by atoms with Crippen molar-refractivity contribution in [3.05, 3.63) is 68.2 Å². The molecule has 21 heavy (non-hydrogen) atoms. The highest BCUT2D eigenvalue weighted by Gasteiger charge is 2.05. The molecule has 1 aromatic carbocycles.